The van der Waals surface area contributed by atoms with Gasteiger partial charge >= 0.3 is 0 Å². The summed E-state index contributed by atoms with van der Waals surface area (Å²) in [6.07, 6.45) is 0.00384. The molecule has 0 saturated carbocycles. The molecule has 3 rings (SSSR count). The van der Waals surface area contributed by atoms with Gasteiger partial charge in [0.1, 0.15) is 16.0 Å². The Labute approximate surface area is 202 Å². The topological polar surface area (TPSA) is 144 Å². The minimum absolute atomic E-state index is 0.00384. The lowest BCUT2D eigenvalue weighted by atomic mass is 9.97. The number of halogens is 2. The van der Waals surface area contributed by atoms with E-state index in [1.54, 1.807) is 30.3 Å². The van der Waals surface area contributed by atoms with Gasteiger partial charge in [0, 0.05) is 23.5 Å². The normalized spacial score (nSPS) is 10.6. The Bertz CT molecular complexity index is 1190. The van der Waals surface area contributed by atoms with Crippen molar-refractivity contribution in [3.63, 3.8) is 0 Å². The third-order valence-electron chi connectivity index (χ3n) is 4.74. The molecule has 0 atom stereocenters. The Balaban J connectivity index is 1.87. The van der Waals surface area contributed by atoms with Crippen LogP contribution in [-0.4, -0.2) is 21.7 Å². The van der Waals surface area contributed by atoms with Crippen molar-refractivity contribution in [2.45, 2.75) is 6.42 Å². The Hall–Kier alpha value is -4.02. The van der Waals surface area contributed by atoms with Crippen LogP contribution in [0, 0.1) is 26.1 Å². The molecule has 0 aliphatic rings. The zero-order valence-electron chi connectivity index (χ0n) is 17.2. The van der Waals surface area contributed by atoms with Gasteiger partial charge in [0.05, 0.1) is 9.85 Å². The molecular formula is C22H16Cl2N4O6. The SMILES string of the molecule is O=C(Nc1ccc(Cl)c([N+](=O)[O-])c1)C(Cc1ccccc1)C(=O)Nc1ccc(Cl)c([N+](=O)[O-])c1. The first-order chi connectivity index (χ1) is 16.2. The smallest absolute Gasteiger partial charge is 0.289 e. The molecular weight excluding hydrogens is 487 g/mol. The minimum atomic E-state index is -1.27. The minimum Gasteiger partial charge on any atom is -0.325 e. The van der Waals surface area contributed by atoms with Crippen molar-refractivity contribution in [3.05, 3.63) is 103 Å². The summed E-state index contributed by atoms with van der Waals surface area (Å²) in [5, 5.41) is 27.0. The molecule has 174 valence electrons. The van der Waals surface area contributed by atoms with E-state index < -0.39 is 39.0 Å². The molecule has 0 aliphatic carbocycles. The van der Waals surface area contributed by atoms with Crippen LogP contribution in [0.5, 0.6) is 0 Å². The van der Waals surface area contributed by atoms with Gasteiger partial charge in [-0.05, 0) is 36.2 Å². The molecule has 0 fully saturated rings. The maximum Gasteiger partial charge on any atom is 0.289 e. The van der Waals surface area contributed by atoms with Crippen LogP contribution in [0.15, 0.2) is 66.7 Å². The van der Waals surface area contributed by atoms with Crippen molar-refractivity contribution in [3.8, 4) is 0 Å². The quantitative estimate of drug-likeness (QED) is 0.244. The van der Waals surface area contributed by atoms with E-state index in [1.807, 2.05) is 0 Å². The summed E-state index contributed by atoms with van der Waals surface area (Å²) in [7, 11) is 0. The van der Waals surface area contributed by atoms with Gasteiger partial charge in [-0.25, -0.2) is 0 Å². The molecule has 0 bridgehead atoms. The van der Waals surface area contributed by atoms with Crippen LogP contribution in [-0.2, 0) is 16.0 Å². The molecule has 0 spiro atoms. The van der Waals surface area contributed by atoms with Crippen molar-refractivity contribution in [2.75, 3.05) is 10.6 Å². The first-order valence-corrected chi connectivity index (χ1v) is 10.4. The number of hydrogen-bond acceptors (Lipinski definition) is 6. The molecule has 3 aromatic rings. The number of nitro benzene ring substituents is 2. The highest BCUT2D eigenvalue weighted by atomic mass is 35.5. The molecule has 2 amide bonds. The van der Waals surface area contributed by atoms with Gasteiger partial charge in [0.25, 0.3) is 11.4 Å². The fourth-order valence-corrected chi connectivity index (χ4v) is 3.45. The first-order valence-electron chi connectivity index (χ1n) is 9.69. The molecule has 0 aromatic heterocycles. The number of carbonyl (C=O) groups excluding carboxylic acids is 2. The second-order valence-corrected chi connectivity index (χ2v) is 7.88. The van der Waals surface area contributed by atoms with Crippen LogP contribution in [0.1, 0.15) is 5.56 Å². The lowest BCUT2D eigenvalue weighted by Gasteiger charge is -2.17. The average Bonchev–Trinajstić information content (AvgIpc) is 2.80. The van der Waals surface area contributed by atoms with Crippen molar-refractivity contribution in [2.24, 2.45) is 5.92 Å². The van der Waals surface area contributed by atoms with Gasteiger partial charge in [0.2, 0.25) is 11.8 Å². The molecule has 0 saturated heterocycles. The lowest BCUT2D eigenvalue weighted by Crippen LogP contribution is -2.35. The fourth-order valence-electron chi connectivity index (χ4n) is 3.07. The van der Waals surface area contributed by atoms with Crippen LogP contribution in [0.4, 0.5) is 22.7 Å². The molecule has 0 unspecified atom stereocenters. The number of rotatable bonds is 8. The summed E-state index contributed by atoms with van der Waals surface area (Å²) in [6.45, 7) is 0. The number of nitrogens with zero attached hydrogens (tertiary/aromatic N) is 2. The van der Waals surface area contributed by atoms with E-state index in [-0.39, 0.29) is 27.8 Å². The van der Waals surface area contributed by atoms with E-state index in [0.29, 0.717) is 5.56 Å². The Morgan fingerprint density at radius 1 is 0.765 bits per heavy atom. The number of benzene rings is 3. The van der Waals surface area contributed by atoms with Gasteiger partial charge in [0.15, 0.2) is 0 Å². The van der Waals surface area contributed by atoms with E-state index in [0.717, 1.165) is 12.1 Å². The molecule has 10 nitrogen and oxygen atoms in total. The standard InChI is InChI=1S/C22H16Cl2N4O6/c23-17-8-6-14(11-19(17)27(31)32)25-21(29)16(10-13-4-2-1-3-5-13)22(30)26-15-7-9-18(24)20(12-15)28(33)34/h1-9,11-12,16H,10H2,(H,25,29)(H,26,30). The number of nitro groups is 2. The molecule has 34 heavy (non-hydrogen) atoms. The van der Waals surface area contributed by atoms with E-state index in [1.165, 1.54) is 24.3 Å². The molecule has 0 radical (unpaired) electrons. The van der Waals surface area contributed by atoms with Crippen LogP contribution >= 0.6 is 23.2 Å². The van der Waals surface area contributed by atoms with Gasteiger partial charge in [-0.15, -0.1) is 0 Å². The number of anilines is 2. The first kappa shape index (κ1) is 24.6. The van der Waals surface area contributed by atoms with Gasteiger partial charge in [-0.2, -0.15) is 0 Å². The highest BCUT2D eigenvalue weighted by Gasteiger charge is 2.28. The summed E-state index contributed by atoms with van der Waals surface area (Å²) in [4.78, 5) is 47.0. The monoisotopic (exact) mass is 502 g/mol. The van der Waals surface area contributed by atoms with Crippen LogP contribution in [0.25, 0.3) is 0 Å². The lowest BCUT2D eigenvalue weighted by molar-refractivity contribution is -0.384. The van der Waals surface area contributed by atoms with Gasteiger partial charge < -0.3 is 10.6 Å². The number of amides is 2. The van der Waals surface area contributed by atoms with Crippen molar-refractivity contribution < 1.29 is 19.4 Å². The molecule has 2 N–H and O–H groups in total. The summed E-state index contributed by atoms with van der Waals surface area (Å²) >= 11 is 11.6. The number of nitrogens with one attached hydrogen (secondary N) is 2. The third kappa shape index (κ3) is 6.06. The fraction of sp³-hybridized carbons (Fsp3) is 0.0909. The Morgan fingerprint density at radius 2 is 1.21 bits per heavy atom. The summed E-state index contributed by atoms with van der Waals surface area (Å²) < 4.78 is 0. The maximum atomic E-state index is 13.0. The Morgan fingerprint density at radius 3 is 1.62 bits per heavy atom. The van der Waals surface area contributed by atoms with Gasteiger partial charge in [-0.1, -0.05) is 53.5 Å². The zero-order valence-corrected chi connectivity index (χ0v) is 18.7. The van der Waals surface area contributed by atoms with Crippen LogP contribution in [0.3, 0.4) is 0 Å². The van der Waals surface area contributed by atoms with E-state index in [4.69, 9.17) is 23.2 Å². The van der Waals surface area contributed by atoms with Crippen molar-refractivity contribution in [1.29, 1.82) is 0 Å². The van der Waals surface area contributed by atoms with Crippen LogP contribution in [0.2, 0.25) is 10.0 Å². The zero-order chi connectivity index (χ0) is 24.8. The third-order valence-corrected chi connectivity index (χ3v) is 5.38. The summed E-state index contributed by atoms with van der Waals surface area (Å²) in [5.74, 6) is -2.74. The van der Waals surface area contributed by atoms with Gasteiger partial charge in [-0.3, -0.25) is 29.8 Å². The van der Waals surface area contributed by atoms with E-state index in [2.05, 4.69) is 10.6 Å². The number of hydrogen-bond donors (Lipinski definition) is 2. The Kier molecular flexibility index (Phi) is 7.77. The summed E-state index contributed by atoms with van der Waals surface area (Å²) in [6, 6.07) is 16.1. The second kappa shape index (κ2) is 10.7. The molecule has 3 aromatic carbocycles. The molecule has 0 heterocycles. The number of carbonyl (C=O) groups is 2. The predicted molar refractivity (Wildman–Crippen MR) is 127 cm³/mol. The van der Waals surface area contributed by atoms with Crippen molar-refractivity contribution >= 4 is 57.8 Å². The van der Waals surface area contributed by atoms with Crippen molar-refractivity contribution in [1.82, 2.24) is 0 Å². The van der Waals surface area contributed by atoms with E-state index in [9.17, 15) is 29.8 Å². The average molecular weight is 503 g/mol. The predicted octanol–water partition coefficient (Wildman–Crippen LogP) is 5.25. The summed E-state index contributed by atoms with van der Waals surface area (Å²) in [5.41, 5.74) is 0.0270. The van der Waals surface area contributed by atoms with Crippen LogP contribution < -0.4 is 10.6 Å². The highest BCUT2D eigenvalue weighted by Crippen LogP contribution is 2.29. The second-order valence-electron chi connectivity index (χ2n) is 7.07. The molecule has 12 heteroatoms. The largest absolute Gasteiger partial charge is 0.325 e. The molecule has 0 aliphatic heterocycles. The van der Waals surface area contributed by atoms with E-state index >= 15 is 0 Å². The highest BCUT2D eigenvalue weighted by molar-refractivity contribution is 6.33. The maximum absolute atomic E-state index is 13.0.